The van der Waals surface area contributed by atoms with Crippen molar-refractivity contribution >= 4 is 17.7 Å². The third kappa shape index (κ3) is 2.54. The maximum Gasteiger partial charge on any atom is 0.348 e. The predicted molar refractivity (Wildman–Crippen MR) is 75.0 cm³/mol. The Morgan fingerprint density at radius 2 is 2.21 bits per heavy atom. The van der Waals surface area contributed by atoms with Crippen LogP contribution in [0.1, 0.15) is 42.3 Å². The molecular weight excluding hydrogens is 264 g/mol. The molecule has 1 fully saturated rings. The van der Waals surface area contributed by atoms with Gasteiger partial charge in [0.1, 0.15) is 0 Å². The van der Waals surface area contributed by atoms with Gasteiger partial charge < -0.3 is 5.11 Å². The summed E-state index contributed by atoms with van der Waals surface area (Å²) in [5, 5.41) is 9.19. The summed E-state index contributed by atoms with van der Waals surface area (Å²) in [5.41, 5.74) is 1.69. The maximum atomic E-state index is 12.1. The molecule has 5 nitrogen and oxygen atoms in total. The summed E-state index contributed by atoms with van der Waals surface area (Å²) >= 11 is 1.82. The summed E-state index contributed by atoms with van der Waals surface area (Å²) < 4.78 is 1.68. The summed E-state index contributed by atoms with van der Waals surface area (Å²) in [4.78, 5) is 27.3. The molecule has 0 saturated carbocycles. The van der Waals surface area contributed by atoms with Gasteiger partial charge in [-0.2, -0.15) is 16.7 Å². The topological polar surface area (TPSA) is 72.2 Å². The van der Waals surface area contributed by atoms with Gasteiger partial charge in [-0.05, 0) is 32.9 Å². The van der Waals surface area contributed by atoms with Gasteiger partial charge in [-0.3, -0.25) is 9.36 Å². The molecule has 0 spiro atoms. The van der Waals surface area contributed by atoms with Crippen molar-refractivity contribution in [3.8, 4) is 0 Å². The molecule has 1 saturated heterocycles. The predicted octanol–water partition coefficient (Wildman–Crippen LogP) is 1.73. The largest absolute Gasteiger partial charge is 0.481 e. The van der Waals surface area contributed by atoms with Crippen LogP contribution in [0.15, 0.2) is 4.79 Å². The summed E-state index contributed by atoms with van der Waals surface area (Å²) in [7, 11) is 0. The average molecular weight is 282 g/mol. The second-order valence-electron chi connectivity index (χ2n) is 4.93. The van der Waals surface area contributed by atoms with Crippen molar-refractivity contribution in [2.45, 2.75) is 39.2 Å². The Kier molecular flexibility index (Phi) is 3.99. The first kappa shape index (κ1) is 14.1. The average Bonchev–Trinajstić information content (AvgIpc) is 2.81. The number of thioether (sulfide) groups is 1. The minimum Gasteiger partial charge on any atom is -0.481 e. The quantitative estimate of drug-likeness (QED) is 0.914. The lowest BCUT2D eigenvalue weighted by molar-refractivity contribution is -0.138. The van der Waals surface area contributed by atoms with E-state index in [1.165, 1.54) is 0 Å². The SMILES string of the molecule is Cc1nc(=O)n(C2CCSC2)c(C)c1C(C)C(=O)O. The minimum atomic E-state index is -0.890. The van der Waals surface area contributed by atoms with E-state index < -0.39 is 11.9 Å². The molecular formula is C13H18N2O3S. The van der Waals surface area contributed by atoms with Gasteiger partial charge in [0.25, 0.3) is 0 Å². The van der Waals surface area contributed by atoms with Crippen molar-refractivity contribution in [3.63, 3.8) is 0 Å². The number of aryl methyl sites for hydroxylation is 1. The number of carboxylic acids is 1. The van der Waals surface area contributed by atoms with Crippen LogP contribution in [0.3, 0.4) is 0 Å². The molecule has 1 aliphatic rings. The monoisotopic (exact) mass is 282 g/mol. The second kappa shape index (κ2) is 5.36. The number of carboxylic acid groups (broad SMARTS) is 1. The van der Waals surface area contributed by atoms with Gasteiger partial charge >= 0.3 is 11.7 Å². The normalized spacial score (nSPS) is 20.5. The van der Waals surface area contributed by atoms with Crippen LogP contribution < -0.4 is 5.69 Å². The van der Waals surface area contributed by atoms with Crippen molar-refractivity contribution in [2.75, 3.05) is 11.5 Å². The second-order valence-corrected chi connectivity index (χ2v) is 6.08. The first-order valence-electron chi connectivity index (χ1n) is 6.33. The van der Waals surface area contributed by atoms with Gasteiger partial charge in [-0.15, -0.1) is 0 Å². The van der Waals surface area contributed by atoms with Crippen LogP contribution in [0, 0.1) is 13.8 Å². The molecule has 2 rings (SSSR count). The third-order valence-electron chi connectivity index (χ3n) is 3.68. The number of hydrogen-bond donors (Lipinski definition) is 1. The van der Waals surface area contributed by atoms with Crippen molar-refractivity contribution in [1.29, 1.82) is 0 Å². The first-order chi connectivity index (χ1) is 8.93. The highest BCUT2D eigenvalue weighted by Gasteiger charge is 2.26. The van der Waals surface area contributed by atoms with Crippen LogP contribution in [0.25, 0.3) is 0 Å². The van der Waals surface area contributed by atoms with Crippen LogP contribution >= 0.6 is 11.8 Å². The Morgan fingerprint density at radius 1 is 1.53 bits per heavy atom. The van der Waals surface area contributed by atoms with Gasteiger partial charge in [0, 0.05) is 28.7 Å². The highest BCUT2D eigenvalue weighted by atomic mass is 32.2. The number of aliphatic carboxylic acids is 1. The molecule has 1 N–H and O–H groups in total. The van der Waals surface area contributed by atoms with E-state index in [4.69, 9.17) is 0 Å². The Morgan fingerprint density at radius 3 is 2.74 bits per heavy atom. The molecule has 19 heavy (non-hydrogen) atoms. The van der Waals surface area contributed by atoms with E-state index in [1.54, 1.807) is 18.4 Å². The molecule has 1 aromatic heterocycles. The Balaban J connectivity index is 2.59. The number of carbonyl (C=O) groups is 1. The molecule has 2 heterocycles. The van der Waals surface area contributed by atoms with E-state index in [1.807, 2.05) is 18.7 Å². The van der Waals surface area contributed by atoms with E-state index >= 15 is 0 Å². The zero-order valence-corrected chi connectivity index (χ0v) is 12.2. The summed E-state index contributed by atoms with van der Waals surface area (Å²) in [6, 6.07) is 0.144. The fourth-order valence-corrected chi connectivity index (χ4v) is 3.89. The van der Waals surface area contributed by atoms with Crippen LogP contribution in [-0.2, 0) is 4.79 Å². The lowest BCUT2D eigenvalue weighted by Crippen LogP contribution is -2.32. The van der Waals surface area contributed by atoms with Gasteiger partial charge in [-0.25, -0.2) is 4.79 Å². The van der Waals surface area contributed by atoms with Crippen LogP contribution in [0.2, 0.25) is 0 Å². The van der Waals surface area contributed by atoms with Gasteiger partial charge in [0.2, 0.25) is 0 Å². The molecule has 104 valence electrons. The molecule has 6 heteroatoms. The van der Waals surface area contributed by atoms with E-state index in [0.717, 1.165) is 23.6 Å². The van der Waals surface area contributed by atoms with E-state index in [2.05, 4.69) is 4.98 Å². The summed E-state index contributed by atoms with van der Waals surface area (Å²) in [6.07, 6.45) is 0.942. The van der Waals surface area contributed by atoms with Crippen molar-refractivity contribution < 1.29 is 9.90 Å². The first-order valence-corrected chi connectivity index (χ1v) is 7.49. The van der Waals surface area contributed by atoms with Gasteiger partial charge in [0.05, 0.1) is 5.92 Å². The standard InChI is InChI=1S/C13H18N2O3S/c1-7(12(16)17)11-8(2)14-13(18)15(9(11)3)10-4-5-19-6-10/h7,10H,4-6H2,1-3H3,(H,16,17). The van der Waals surface area contributed by atoms with Crippen LogP contribution in [0.4, 0.5) is 0 Å². The smallest absolute Gasteiger partial charge is 0.348 e. The van der Waals surface area contributed by atoms with E-state index in [9.17, 15) is 14.7 Å². The third-order valence-corrected chi connectivity index (χ3v) is 4.83. The van der Waals surface area contributed by atoms with Crippen molar-refractivity contribution in [1.82, 2.24) is 9.55 Å². The zero-order chi connectivity index (χ0) is 14.2. The number of aromatic nitrogens is 2. The minimum absolute atomic E-state index is 0.144. The van der Waals surface area contributed by atoms with Crippen LogP contribution in [0.5, 0.6) is 0 Å². The Labute approximate surface area is 116 Å². The van der Waals surface area contributed by atoms with Crippen molar-refractivity contribution in [2.24, 2.45) is 0 Å². The number of hydrogen-bond acceptors (Lipinski definition) is 4. The van der Waals surface area contributed by atoms with Gasteiger partial charge in [-0.1, -0.05) is 0 Å². The zero-order valence-electron chi connectivity index (χ0n) is 11.3. The molecule has 0 aliphatic carbocycles. The molecule has 0 amide bonds. The summed E-state index contributed by atoms with van der Waals surface area (Å²) in [6.45, 7) is 5.17. The van der Waals surface area contributed by atoms with E-state index in [-0.39, 0.29) is 11.7 Å². The highest BCUT2D eigenvalue weighted by molar-refractivity contribution is 7.99. The fraction of sp³-hybridized carbons (Fsp3) is 0.615. The molecule has 2 unspecified atom stereocenters. The number of rotatable bonds is 3. The lowest BCUT2D eigenvalue weighted by atomic mass is 9.97. The van der Waals surface area contributed by atoms with E-state index in [0.29, 0.717) is 11.3 Å². The molecule has 2 atom stereocenters. The molecule has 1 aliphatic heterocycles. The molecule has 0 radical (unpaired) electrons. The van der Waals surface area contributed by atoms with Crippen LogP contribution in [-0.4, -0.2) is 32.1 Å². The lowest BCUT2D eigenvalue weighted by Gasteiger charge is -2.21. The summed E-state index contributed by atoms with van der Waals surface area (Å²) in [5.74, 6) is 0.396. The number of nitrogens with zero attached hydrogens (tertiary/aromatic N) is 2. The molecule has 0 aromatic carbocycles. The fourth-order valence-electron chi connectivity index (χ4n) is 2.70. The van der Waals surface area contributed by atoms with Crippen molar-refractivity contribution in [3.05, 3.63) is 27.4 Å². The molecule has 0 bridgehead atoms. The molecule has 1 aromatic rings. The highest BCUT2D eigenvalue weighted by Crippen LogP contribution is 2.30. The Bertz CT molecular complexity index is 562. The van der Waals surface area contributed by atoms with Gasteiger partial charge in [0.15, 0.2) is 0 Å². The Hall–Kier alpha value is -1.30. The maximum absolute atomic E-state index is 12.1.